The van der Waals surface area contributed by atoms with E-state index in [9.17, 15) is 4.79 Å². The van der Waals surface area contributed by atoms with Crippen molar-refractivity contribution in [2.24, 2.45) is 5.92 Å². The van der Waals surface area contributed by atoms with Gasteiger partial charge >= 0.3 is 5.97 Å². The van der Waals surface area contributed by atoms with Crippen LogP contribution < -0.4 is 10.6 Å². The highest BCUT2D eigenvalue weighted by Gasteiger charge is 2.14. The predicted octanol–water partition coefficient (Wildman–Crippen LogP) is 2.32. The largest absolute Gasteiger partial charge is 0.462 e. The summed E-state index contributed by atoms with van der Waals surface area (Å²) in [5.74, 6) is 0.958. The zero-order valence-electron chi connectivity index (χ0n) is 12.1. The topological polar surface area (TPSA) is 68.5 Å². The Bertz CT molecular complexity index is 433. The summed E-state index contributed by atoms with van der Waals surface area (Å²) >= 11 is 0. The fourth-order valence-corrected chi connectivity index (χ4v) is 1.62. The molecule has 1 aromatic rings. The monoisotopic (exact) mass is 265 g/mol. The first-order chi connectivity index (χ1) is 8.95. The summed E-state index contributed by atoms with van der Waals surface area (Å²) in [5, 5.41) is 0. The van der Waals surface area contributed by atoms with Crippen molar-refractivity contribution in [3.63, 3.8) is 0 Å². The van der Waals surface area contributed by atoms with E-state index in [1.54, 1.807) is 13.0 Å². The summed E-state index contributed by atoms with van der Waals surface area (Å²) in [6.07, 6.45) is 2.57. The minimum atomic E-state index is -0.402. The molecule has 0 unspecified atom stereocenters. The van der Waals surface area contributed by atoms with Crippen LogP contribution in [0.2, 0.25) is 0 Å². The minimum absolute atomic E-state index is 0.332. The number of rotatable bonds is 6. The zero-order chi connectivity index (χ0) is 14.4. The van der Waals surface area contributed by atoms with Gasteiger partial charge in [-0.3, -0.25) is 0 Å². The lowest BCUT2D eigenvalue weighted by Crippen LogP contribution is -2.22. The van der Waals surface area contributed by atoms with Crippen LogP contribution in [0.25, 0.3) is 0 Å². The van der Waals surface area contributed by atoms with Crippen molar-refractivity contribution >= 4 is 17.5 Å². The van der Waals surface area contributed by atoms with Crippen LogP contribution in [0, 0.1) is 5.92 Å². The number of anilines is 2. The van der Waals surface area contributed by atoms with Crippen LogP contribution in [-0.4, -0.2) is 31.2 Å². The van der Waals surface area contributed by atoms with Gasteiger partial charge in [-0.05, 0) is 25.3 Å². The van der Waals surface area contributed by atoms with E-state index in [1.807, 2.05) is 11.9 Å². The number of nitrogens with zero attached hydrogens (tertiary/aromatic N) is 2. The molecule has 0 aliphatic rings. The Morgan fingerprint density at radius 2 is 2.21 bits per heavy atom. The number of aromatic nitrogens is 1. The molecule has 0 aliphatic carbocycles. The molecule has 0 saturated carbocycles. The first-order valence-corrected chi connectivity index (χ1v) is 6.59. The first-order valence-electron chi connectivity index (χ1n) is 6.59. The smallest absolute Gasteiger partial charge is 0.340 e. The number of nitrogen functional groups attached to an aromatic ring is 1. The van der Waals surface area contributed by atoms with E-state index in [4.69, 9.17) is 10.5 Å². The molecule has 0 spiro atoms. The molecule has 0 radical (unpaired) electrons. The van der Waals surface area contributed by atoms with E-state index in [0.29, 0.717) is 23.8 Å². The Hall–Kier alpha value is -1.78. The van der Waals surface area contributed by atoms with Gasteiger partial charge in [-0.1, -0.05) is 13.8 Å². The summed E-state index contributed by atoms with van der Waals surface area (Å²) < 4.78 is 4.98. The Labute approximate surface area is 114 Å². The van der Waals surface area contributed by atoms with Gasteiger partial charge in [-0.15, -0.1) is 0 Å². The lowest BCUT2D eigenvalue weighted by molar-refractivity contribution is 0.0527. The fraction of sp³-hybridized carbons (Fsp3) is 0.571. The van der Waals surface area contributed by atoms with Crippen LogP contribution in [0.1, 0.15) is 37.6 Å². The quantitative estimate of drug-likeness (QED) is 0.799. The molecule has 2 N–H and O–H groups in total. The Morgan fingerprint density at radius 3 is 2.79 bits per heavy atom. The molecule has 0 aliphatic heterocycles. The van der Waals surface area contributed by atoms with E-state index in [2.05, 4.69) is 18.8 Å². The highest BCUT2D eigenvalue weighted by molar-refractivity contribution is 5.95. The van der Waals surface area contributed by atoms with Crippen molar-refractivity contribution in [2.45, 2.75) is 27.2 Å². The second-order valence-electron chi connectivity index (χ2n) is 4.95. The van der Waals surface area contributed by atoms with Crippen LogP contribution in [0.3, 0.4) is 0 Å². The lowest BCUT2D eigenvalue weighted by atomic mass is 10.1. The summed E-state index contributed by atoms with van der Waals surface area (Å²) in [6.45, 7) is 7.34. The van der Waals surface area contributed by atoms with Crippen LogP contribution in [0.15, 0.2) is 12.3 Å². The van der Waals surface area contributed by atoms with Gasteiger partial charge in [0.15, 0.2) is 0 Å². The number of ether oxygens (including phenoxy) is 1. The van der Waals surface area contributed by atoms with Crippen molar-refractivity contribution in [1.82, 2.24) is 4.98 Å². The van der Waals surface area contributed by atoms with Crippen molar-refractivity contribution in [1.29, 1.82) is 0 Å². The summed E-state index contributed by atoms with van der Waals surface area (Å²) in [5.41, 5.74) is 6.49. The summed E-state index contributed by atoms with van der Waals surface area (Å²) in [6, 6.07) is 1.69. The number of hydrogen-bond acceptors (Lipinski definition) is 5. The number of hydrogen-bond donors (Lipinski definition) is 1. The highest BCUT2D eigenvalue weighted by atomic mass is 16.5. The van der Waals surface area contributed by atoms with E-state index in [0.717, 1.165) is 18.8 Å². The van der Waals surface area contributed by atoms with Crippen molar-refractivity contribution in [3.05, 3.63) is 17.8 Å². The molecule has 1 rings (SSSR count). The Kier molecular flexibility index (Phi) is 5.60. The van der Waals surface area contributed by atoms with Gasteiger partial charge in [0.05, 0.1) is 24.1 Å². The second-order valence-corrected chi connectivity index (χ2v) is 4.95. The van der Waals surface area contributed by atoms with Gasteiger partial charge in [0, 0.05) is 13.6 Å². The van der Waals surface area contributed by atoms with Crippen LogP contribution >= 0.6 is 0 Å². The molecular formula is C14H23N3O2. The minimum Gasteiger partial charge on any atom is -0.462 e. The van der Waals surface area contributed by atoms with Gasteiger partial charge in [-0.25, -0.2) is 9.78 Å². The lowest BCUT2D eigenvalue weighted by Gasteiger charge is -2.20. The van der Waals surface area contributed by atoms with E-state index < -0.39 is 5.97 Å². The van der Waals surface area contributed by atoms with Gasteiger partial charge in [0.2, 0.25) is 0 Å². The van der Waals surface area contributed by atoms with Crippen molar-refractivity contribution < 1.29 is 9.53 Å². The SMILES string of the molecule is CCOC(=O)c1cc(N(C)CCC(C)C)ncc1N. The molecule has 0 fully saturated rings. The number of nitrogens with two attached hydrogens (primary N) is 1. The van der Waals surface area contributed by atoms with Crippen molar-refractivity contribution in [3.8, 4) is 0 Å². The maximum absolute atomic E-state index is 11.8. The average molecular weight is 265 g/mol. The van der Waals surface area contributed by atoms with Gasteiger partial charge in [-0.2, -0.15) is 0 Å². The molecule has 0 saturated heterocycles. The predicted molar refractivity (Wildman–Crippen MR) is 77.3 cm³/mol. The van der Waals surface area contributed by atoms with E-state index in [-0.39, 0.29) is 0 Å². The third-order valence-corrected chi connectivity index (χ3v) is 2.85. The molecule has 1 aromatic heterocycles. The molecule has 5 nitrogen and oxygen atoms in total. The molecule has 5 heteroatoms. The second kappa shape index (κ2) is 6.97. The molecule has 0 atom stereocenters. The summed E-state index contributed by atoms with van der Waals surface area (Å²) in [7, 11) is 1.95. The van der Waals surface area contributed by atoms with Gasteiger partial charge < -0.3 is 15.4 Å². The van der Waals surface area contributed by atoms with Crippen LogP contribution in [0.4, 0.5) is 11.5 Å². The average Bonchev–Trinajstić information content (AvgIpc) is 2.36. The molecule has 0 bridgehead atoms. The maximum atomic E-state index is 11.8. The highest BCUT2D eigenvalue weighted by Crippen LogP contribution is 2.19. The third-order valence-electron chi connectivity index (χ3n) is 2.85. The zero-order valence-corrected chi connectivity index (χ0v) is 12.1. The van der Waals surface area contributed by atoms with Gasteiger partial charge in [0.25, 0.3) is 0 Å². The molecular weight excluding hydrogens is 242 g/mol. The van der Waals surface area contributed by atoms with E-state index >= 15 is 0 Å². The Morgan fingerprint density at radius 1 is 1.53 bits per heavy atom. The maximum Gasteiger partial charge on any atom is 0.340 e. The van der Waals surface area contributed by atoms with Crippen LogP contribution in [0.5, 0.6) is 0 Å². The molecule has 1 heterocycles. The number of carbonyl (C=O) groups is 1. The standard InChI is InChI=1S/C14H23N3O2/c1-5-19-14(18)11-8-13(16-9-12(11)15)17(4)7-6-10(2)3/h8-10H,5-7,15H2,1-4H3. The van der Waals surface area contributed by atoms with E-state index in [1.165, 1.54) is 6.20 Å². The van der Waals surface area contributed by atoms with Crippen LogP contribution in [-0.2, 0) is 4.74 Å². The molecule has 19 heavy (non-hydrogen) atoms. The first kappa shape index (κ1) is 15.3. The number of pyridine rings is 1. The van der Waals surface area contributed by atoms with Gasteiger partial charge in [0.1, 0.15) is 5.82 Å². The molecule has 0 amide bonds. The third kappa shape index (κ3) is 4.43. The fourth-order valence-electron chi connectivity index (χ4n) is 1.62. The summed E-state index contributed by atoms with van der Waals surface area (Å²) in [4.78, 5) is 18.0. The molecule has 0 aromatic carbocycles. The molecule has 106 valence electrons. The van der Waals surface area contributed by atoms with Crippen molar-refractivity contribution in [2.75, 3.05) is 30.8 Å². The number of carbonyl (C=O) groups excluding carboxylic acids is 1. The normalized spacial score (nSPS) is 10.6. The Balaban J connectivity index is 2.86. The number of esters is 1.